The van der Waals surface area contributed by atoms with Crippen LogP contribution in [0.2, 0.25) is 0 Å². The molecule has 1 N–H and O–H groups in total. The van der Waals surface area contributed by atoms with Crippen molar-refractivity contribution in [3.05, 3.63) is 29.3 Å². The Morgan fingerprint density at radius 2 is 2.04 bits per heavy atom. The third-order valence-corrected chi connectivity index (χ3v) is 5.73. The molecule has 3 rings (SSSR count). The highest BCUT2D eigenvalue weighted by atomic mass is 35.5. The zero-order valence-corrected chi connectivity index (χ0v) is 15.7. The van der Waals surface area contributed by atoms with Crippen LogP contribution in [-0.4, -0.2) is 44.1 Å². The van der Waals surface area contributed by atoms with E-state index in [0.717, 1.165) is 62.1 Å². The van der Waals surface area contributed by atoms with E-state index in [2.05, 4.69) is 23.5 Å². The summed E-state index contributed by atoms with van der Waals surface area (Å²) >= 11 is 0. The van der Waals surface area contributed by atoms with Gasteiger partial charge in [0.15, 0.2) is 0 Å². The van der Waals surface area contributed by atoms with Crippen LogP contribution >= 0.6 is 12.4 Å². The summed E-state index contributed by atoms with van der Waals surface area (Å²) in [6.07, 6.45) is 5.19. The number of hydrogen-bond acceptors (Lipinski definition) is 3. The molecule has 1 aromatic rings. The number of benzene rings is 1. The van der Waals surface area contributed by atoms with Crippen LogP contribution in [0.25, 0.3) is 0 Å². The van der Waals surface area contributed by atoms with E-state index in [1.807, 2.05) is 18.9 Å². The molecule has 1 aliphatic carbocycles. The Balaban J connectivity index is 0.00000208. The molecule has 1 heterocycles. The topological polar surface area (TPSA) is 41.6 Å². The van der Waals surface area contributed by atoms with E-state index in [-0.39, 0.29) is 23.7 Å². The third kappa shape index (κ3) is 3.27. The normalized spacial score (nSPS) is 22.0. The molecular weight excluding hydrogens is 324 g/mol. The zero-order chi connectivity index (χ0) is 16.4. The maximum absolute atomic E-state index is 13.4. The van der Waals surface area contributed by atoms with Crippen molar-refractivity contribution in [2.45, 2.75) is 50.5 Å². The molecule has 4 nitrogen and oxygen atoms in total. The van der Waals surface area contributed by atoms with Gasteiger partial charge in [0.1, 0.15) is 5.75 Å². The number of hydrogen-bond donors (Lipinski definition) is 1. The van der Waals surface area contributed by atoms with Crippen molar-refractivity contribution >= 4 is 18.3 Å². The van der Waals surface area contributed by atoms with Gasteiger partial charge in [0.2, 0.25) is 5.91 Å². The second-order valence-electron chi connectivity index (χ2n) is 7.04. The van der Waals surface area contributed by atoms with E-state index in [4.69, 9.17) is 4.74 Å². The Morgan fingerprint density at radius 3 is 2.62 bits per heavy atom. The number of nitrogens with zero attached hydrogens (tertiary/aromatic N) is 1. The van der Waals surface area contributed by atoms with E-state index in [1.54, 1.807) is 7.11 Å². The molecule has 5 heteroatoms. The molecular formula is C19H29ClN2O2. The lowest BCUT2D eigenvalue weighted by atomic mass is 9.77. The van der Waals surface area contributed by atoms with Crippen LogP contribution in [0.4, 0.5) is 0 Å². The molecule has 1 amide bonds. The minimum absolute atomic E-state index is 0. The van der Waals surface area contributed by atoms with Gasteiger partial charge in [-0.25, -0.2) is 0 Å². The number of methoxy groups -OCH3 is 1. The quantitative estimate of drug-likeness (QED) is 0.905. The summed E-state index contributed by atoms with van der Waals surface area (Å²) in [5, 5.41) is 3.36. The van der Waals surface area contributed by atoms with Crippen LogP contribution in [-0.2, 0) is 10.2 Å². The van der Waals surface area contributed by atoms with Gasteiger partial charge in [-0.05, 0) is 49.9 Å². The maximum atomic E-state index is 13.4. The van der Waals surface area contributed by atoms with Crippen LogP contribution in [0.5, 0.6) is 5.75 Å². The largest absolute Gasteiger partial charge is 0.496 e. The molecule has 1 saturated carbocycles. The molecule has 134 valence electrons. The predicted octanol–water partition coefficient (Wildman–Crippen LogP) is 3.06. The molecule has 1 aromatic carbocycles. The zero-order valence-electron chi connectivity index (χ0n) is 14.9. The van der Waals surface area contributed by atoms with E-state index in [1.165, 1.54) is 0 Å². The first kappa shape index (κ1) is 19.1. The summed E-state index contributed by atoms with van der Waals surface area (Å²) < 4.78 is 5.50. The fraction of sp³-hybridized carbons (Fsp3) is 0.632. The molecule has 0 bridgehead atoms. The van der Waals surface area contributed by atoms with E-state index < -0.39 is 0 Å². The lowest BCUT2D eigenvalue weighted by molar-refractivity contribution is -0.137. The van der Waals surface area contributed by atoms with Crippen molar-refractivity contribution in [2.75, 3.05) is 27.2 Å². The molecule has 1 aliphatic heterocycles. The predicted molar refractivity (Wildman–Crippen MR) is 99.2 cm³/mol. The number of ether oxygens (including phenoxy) is 1. The van der Waals surface area contributed by atoms with E-state index >= 15 is 0 Å². The molecule has 1 saturated heterocycles. The number of amides is 1. The first-order valence-corrected chi connectivity index (χ1v) is 8.71. The minimum Gasteiger partial charge on any atom is -0.496 e. The fourth-order valence-corrected chi connectivity index (χ4v) is 4.20. The van der Waals surface area contributed by atoms with Gasteiger partial charge in [-0.3, -0.25) is 4.79 Å². The molecule has 0 aromatic heterocycles. The number of carbonyl (C=O) groups is 1. The fourth-order valence-electron chi connectivity index (χ4n) is 4.20. The second kappa shape index (κ2) is 7.75. The minimum atomic E-state index is -0.363. The maximum Gasteiger partial charge on any atom is 0.233 e. The van der Waals surface area contributed by atoms with E-state index in [9.17, 15) is 4.79 Å². The molecule has 0 radical (unpaired) electrons. The standard InChI is InChI=1S/C19H28N2O2.ClH/c1-14-6-7-15(12-17(14)23-3)19(9-4-5-10-19)18(22)21(2)16-8-11-20-13-16;/h6-7,12,16,20H,4-5,8-11,13H2,1-3H3;1H. The van der Waals surface area contributed by atoms with Gasteiger partial charge >= 0.3 is 0 Å². The van der Waals surface area contributed by atoms with Crippen molar-refractivity contribution < 1.29 is 9.53 Å². The Morgan fingerprint density at radius 1 is 1.33 bits per heavy atom. The van der Waals surface area contributed by atoms with Crippen LogP contribution in [0, 0.1) is 6.92 Å². The first-order chi connectivity index (χ1) is 11.1. The summed E-state index contributed by atoms with van der Waals surface area (Å²) in [7, 11) is 3.68. The van der Waals surface area contributed by atoms with Crippen LogP contribution in [0.3, 0.4) is 0 Å². The second-order valence-corrected chi connectivity index (χ2v) is 7.04. The van der Waals surface area contributed by atoms with Gasteiger partial charge in [-0.1, -0.05) is 25.0 Å². The van der Waals surface area contributed by atoms with Crippen LogP contribution in [0.15, 0.2) is 18.2 Å². The van der Waals surface area contributed by atoms with Gasteiger partial charge in [0.05, 0.1) is 12.5 Å². The summed E-state index contributed by atoms with van der Waals surface area (Å²) in [5.41, 5.74) is 1.88. The number of aryl methyl sites for hydroxylation is 1. The van der Waals surface area contributed by atoms with Crippen molar-refractivity contribution in [2.24, 2.45) is 0 Å². The smallest absolute Gasteiger partial charge is 0.233 e. The molecule has 2 fully saturated rings. The van der Waals surface area contributed by atoms with Gasteiger partial charge in [0, 0.05) is 19.6 Å². The monoisotopic (exact) mass is 352 g/mol. The van der Waals surface area contributed by atoms with Gasteiger partial charge in [-0.2, -0.15) is 0 Å². The van der Waals surface area contributed by atoms with Crippen molar-refractivity contribution in [1.82, 2.24) is 10.2 Å². The highest BCUT2D eigenvalue weighted by molar-refractivity contribution is 5.89. The number of carbonyl (C=O) groups excluding carboxylic acids is 1. The number of likely N-dealkylation sites (N-methyl/N-ethyl adjacent to an activating group) is 1. The Hall–Kier alpha value is -1.26. The summed E-state index contributed by atoms with van der Waals surface area (Å²) in [6, 6.07) is 6.62. The van der Waals surface area contributed by atoms with Gasteiger partial charge in [0.25, 0.3) is 0 Å². The Labute approximate surface area is 151 Å². The highest BCUT2D eigenvalue weighted by Crippen LogP contribution is 2.44. The van der Waals surface area contributed by atoms with Gasteiger partial charge in [-0.15, -0.1) is 12.4 Å². The van der Waals surface area contributed by atoms with Crippen molar-refractivity contribution in [3.63, 3.8) is 0 Å². The first-order valence-electron chi connectivity index (χ1n) is 8.71. The van der Waals surface area contributed by atoms with Gasteiger partial charge < -0.3 is 15.0 Å². The molecule has 24 heavy (non-hydrogen) atoms. The molecule has 2 aliphatic rings. The van der Waals surface area contributed by atoms with E-state index in [0.29, 0.717) is 6.04 Å². The Bertz CT molecular complexity index is 579. The number of rotatable bonds is 4. The number of nitrogens with one attached hydrogen (secondary N) is 1. The number of halogens is 1. The molecule has 0 spiro atoms. The average Bonchev–Trinajstić information content (AvgIpc) is 3.26. The summed E-state index contributed by atoms with van der Waals surface area (Å²) in [6.45, 7) is 3.96. The molecule has 1 atom stereocenters. The lowest BCUT2D eigenvalue weighted by Crippen LogP contribution is -2.48. The van der Waals surface area contributed by atoms with Crippen molar-refractivity contribution in [3.8, 4) is 5.75 Å². The summed E-state index contributed by atoms with van der Waals surface area (Å²) in [4.78, 5) is 15.4. The third-order valence-electron chi connectivity index (χ3n) is 5.73. The molecule has 1 unspecified atom stereocenters. The highest BCUT2D eigenvalue weighted by Gasteiger charge is 2.45. The van der Waals surface area contributed by atoms with Crippen LogP contribution in [0.1, 0.15) is 43.2 Å². The Kier molecular flexibility index (Phi) is 6.16. The lowest BCUT2D eigenvalue weighted by Gasteiger charge is -2.36. The average molecular weight is 353 g/mol. The SMILES string of the molecule is COc1cc(C2(C(=O)N(C)C3CCNC3)CCCC2)ccc1C.Cl. The van der Waals surface area contributed by atoms with Crippen LogP contribution < -0.4 is 10.1 Å². The summed E-state index contributed by atoms with van der Waals surface area (Å²) in [5.74, 6) is 1.17. The van der Waals surface area contributed by atoms with Crippen molar-refractivity contribution in [1.29, 1.82) is 0 Å².